The highest BCUT2D eigenvalue weighted by Gasteiger charge is 2.24. The first-order chi connectivity index (χ1) is 13.6. The molecule has 1 aromatic carbocycles. The molecule has 1 atom stereocenters. The maximum absolute atomic E-state index is 12.9. The number of carbonyl (C=O) groups is 1. The topological polar surface area (TPSA) is 58.9 Å². The van der Waals surface area contributed by atoms with Gasteiger partial charge in [-0.3, -0.25) is 14.1 Å². The van der Waals surface area contributed by atoms with E-state index in [2.05, 4.69) is 15.2 Å². The number of carbonyl (C=O) groups excluding carboxylic acids is 1. The molecule has 1 aliphatic rings. The number of benzene rings is 1. The van der Waals surface area contributed by atoms with Gasteiger partial charge in [-0.15, -0.1) is 0 Å². The zero-order chi connectivity index (χ0) is 19.5. The predicted octanol–water partition coefficient (Wildman–Crippen LogP) is 3.44. The van der Waals surface area contributed by atoms with Crippen molar-refractivity contribution >= 4 is 34.8 Å². The van der Waals surface area contributed by atoms with Crippen molar-refractivity contribution in [2.45, 2.75) is 6.04 Å². The first kappa shape index (κ1) is 19.2. The molecule has 1 N–H and O–H groups in total. The molecule has 0 bridgehead atoms. The molecule has 28 heavy (non-hydrogen) atoms. The molecule has 1 amide bonds. The van der Waals surface area contributed by atoms with Crippen LogP contribution in [0.25, 0.3) is 5.65 Å². The highest BCUT2D eigenvalue weighted by Crippen LogP contribution is 2.23. The van der Waals surface area contributed by atoms with Crippen LogP contribution < -0.4 is 5.32 Å². The van der Waals surface area contributed by atoms with Crippen LogP contribution in [0.2, 0.25) is 10.2 Å². The Bertz CT molecular complexity index is 968. The van der Waals surface area contributed by atoms with Crippen LogP contribution >= 0.6 is 23.2 Å². The molecule has 0 spiro atoms. The number of imidazole rings is 1. The fraction of sp³-hybridized carbons (Fsp3) is 0.300. The third-order valence-electron chi connectivity index (χ3n) is 4.92. The lowest BCUT2D eigenvalue weighted by atomic mass is 10.0. The Morgan fingerprint density at radius 2 is 1.89 bits per heavy atom. The van der Waals surface area contributed by atoms with E-state index in [4.69, 9.17) is 27.9 Å². The van der Waals surface area contributed by atoms with E-state index in [-0.39, 0.29) is 11.9 Å². The second kappa shape index (κ2) is 8.49. The van der Waals surface area contributed by atoms with Crippen molar-refractivity contribution in [2.24, 2.45) is 0 Å². The number of ether oxygens (including phenoxy) is 1. The van der Waals surface area contributed by atoms with E-state index in [0.29, 0.717) is 41.3 Å². The van der Waals surface area contributed by atoms with Crippen LogP contribution in [-0.2, 0) is 4.74 Å². The second-order valence-corrected chi connectivity index (χ2v) is 7.43. The summed E-state index contributed by atoms with van der Waals surface area (Å²) in [7, 11) is 0. The Morgan fingerprint density at radius 1 is 1.14 bits per heavy atom. The Labute approximate surface area is 173 Å². The average Bonchev–Trinajstić information content (AvgIpc) is 3.11. The van der Waals surface area contributed by atoms with E-state index in [1.165, 1.54) is 6.20 Å². The molecule has 1 aliphatic heterocycles. The average molecular weight is 419 g/mol. The molecular weight excluding hydrogens is 399 g/mol. The van der Waals surface area contributed by atoms with Gasteiger partial charge in [0.05, 0.1) is 25.5 Å². The summed E-state index contributed by atoms with van der Waals surface area (Å²) < 4.78 is 7.12. The number of nitrogens with one attached hydrogen (secondary N) is 1. The van der Waals surface area contributed by atoms with Gasteiger partial charge in [-0.1, -0.05) is 41.4 Å². The molecule has 1 fully saturated rings. The molecule has 2 aromatic heterocycles. The monoisotopic (exact) mass is 418 g/mol. The Morgan fingerprint density at radius 3 is 2.64 bits per heavy atom. The molecule has 8 heteroatoms. The number of hydrogen-bond donors (Lipinski definition) is 1. The molecule has 6 nitrogen and oxygen atoms in total. The van der Waals surface area contributed by atoms with Crippen molar-refractivity contribution in [1.29, 1.82) is 0 Å². The van der Waals surface area contributed by atoms with Crippen molar-refractivity contribution in [3.63, 3.8) is 0 Å². The van der Waals surface area contributed by atoms with Gasteiger partial charge in [-0.25, -0.2) is 4.98 Å². The van der Waals surface area contributed by atoms with Crippen LogP contribution in [0.1, 0.15) is 22.1 Å². The van der Waals surface area contributed by atoms with Crippen LogP contribution in [0.4, 0.5) is 0 Å². The van der Waals surface area contributed by atoms with Crippen LogP contribution in [0.15, 0.2) is 48.7 Å². The zero-order valence-electron chi connectivity index (χ0n) is 15.1. The fourth-order valence-electron chi connectivity index (χ4n) is 3.49. The lowest BCUT2D eigenvalue weighted by Gasteiger charge is -2.35. The zero-order valence-corrected chi connectivity index (χ0v) is 16.7. The van der Waals surface area contributed by atoms with Crippen molar-refractivity contribution in [3.8, 4) is 0 Å². The largest absolute Gasteiger partial charge is 0.379 e. The van der Waals surface area contributed by atoms with Gasteiger partial charge in [0.15, 0.2) is 0 Å². The number of aromatic nitrogens is 2. The minimum absolute atomic E-state index is 0.0302. The minimum Gasteiger partial charge on any atom is -0.379 e. The minimum atomic E-state index is -0.197. The lowest BCUT2D eigenvalue weighted by Crippen LogP contribution is -2.44. The summed E-state index contributed by atoms with van der Waals surface area (Å²) in [6.07, 6.45) is 1.54. The number of hydrogen-bond acceptors (Lipinski definition) is 4. The van der Waals surface area contributed by atoms with E-state index in [1.54, 1.807) is 16.5 Å². The van der Waals surface area contributed by atoms with Crippen molar-refractivity contribution in [1.82, 2.24) is 19.6 Å². The smallest absolute Gasteiger partial charge is 0.268 e. The van der Waals surface area contributed by atoms with Crippen LogP contribution in [0.3, 0.4) is 0 Å². The summed E-state index contributed by atoms with van der Waals surface area (Å²) in [6, 6.07) is 13.1. The number of fused-ring (bicyclic) bond motifs is 1. The van der Waals surface area contributed by atoms with E-state index in [0.717, 1.165) is 18.7 Å². The Hall–Kier alpha value is -2.12. The van der Waals surface area contributed by atoms with Gasteiger partial charge in [0.2, 0.25) is 0 Å². The van der Waals surface area contributed by atoms with Gasteiger partial charge in [0.1, 0.15) is 16.5 Å². The lowest BCUT2D eigenvalue weighted by molar-refractivity contribution is 0.0162. The summed E-state index contributed by atoms with van der Waals surface area (Å²) in [5.74, 6) is -0.197. The summed E-state index contributed by atoms with van der Waals surface area (Å²) in [5, 5.41) is 4.15. The molecule has 146 valence electrons. The summed E-state index contributed by atoms with van der Waals surface area (Å²) in [6.45, 7) is 3.45. The molecule has 4 rings (SSSR count). The van der Waals surface area contributed by atoms with Crippen LogP contribution in [0.5, 0.6) is 0 Å². The second-order valence-electron chi connectivity index (χ2n) is 6.61. The van der Waals surface area contributed by atoms with E-state index >= 15 is 0 Å². The Balaban J connectivity index is 1.55. The summed E-state index contributed by atoms with van der Waals surface area (Å²) >= 11 is 12.2. The Kier molecular flexibility index (Phi) is 5.82. The van der Waals surface area contributed by atoms with Crippen LogP contribution in [0, 0.1) is 0 Å². The van der Waals surface area contributed by atoms with Gasteiger partial charge < -0.3 is 10.1 Å². The standard InChI is InChI=1S/C20H20Cl2N4O2/c21-15-6-4-14(5-7-15)17(25-8-10-28-11-9-25)12-24-20(27)16-2-1-3-19-23-13-18(22)26(16)19/h1-7,13,17H,8-12H2,(H,24,27). The first-order valence-electron chi connectivity index (χ1n) is 9.11. The normalized spacial score (nSPS) is 16.2. The highest BCUT2D eigenvalue weighted by atomic mass is 35.5. The number of nitrogens with zero attached hydrogens (tertiary/aromatic N) is 3. The summed E-state index contributed by atoms with van der Waals surface area (Å²) in [5.41, 5.74) is 2.20. The molecule has 0 saturated carbocycles. The number of halogens is 2. The maximum atomic E-state index is 12.9. The van der Waals surface area contributed by atoms with Crippen molar-refractivity contribution in [2.75, 3.05) is 32.8 Å². The van der Waals surface area contributed by atoms with Gasteiger partial charge in [-0.05, 0) is 29.8 Å². The van der Waals surface area contributed by atoms with Gasteiger partial charge in [0, 0.05) is 24.7 Å². The molecule has 1 saturated heterocycles. The maximum Gasteiger partial charge on any atom is 0.268 e. The van der Waals surface area contributed by atoms with Gasteiger partial charge >= 0.3 is 0 Å². The molecular formula is C20H20Cl2N4O2. The van der Waals surface area contributed by atoms with Gasteiger partial charge in [-0.2, -0.15) is 0 Å². The molecule has 0 radical (unpaired) electrons. The third-order valence-corrected chi connectivity index (χ3v) is 5.43. The number of pyridine rings is 1. The number of amides is 1. The van der Waals surface area contributed by atoms with Crippen molar-refractivity contribution < 1.29 is 9.53 Å². The number of morpholine rings is 1. The third kappa shape index (κ3) is 4.00. The van der Waals surface area contributed by atoms with E-state index < -0.39 is 0 Å². The first-order valence-corrected chi connectivity index (χ1v) is 9.86. The van der Waals surface area contributed by atoms with Crippen LogP contribution in [-0.4, -0.2) is 53.0 Å². The van der Waals surface area contributed by atoms with Gasteiger partial charge in [0.25, 0.3) is 5.91 Å². The number of rotatable bonds is 5. The molecule has 1 unspecified atom stereocenters. The van der Waals surface area contributed by atoms with E-state index in [1.807, 2.05) is 30.3 Å². The quantitative estimate of drug-likeness (QED) is 0.689. The summed E-state index contributed by atoms with van der Waals surface area (Å²) in [4.78, 5) is 19.4. The highest BCUT2D eigenvalue weighted by molar-refractivity contribution is 6.30. The molecule has 3 heterocycles. The molecule has 3 aromatic rings. The fourth-order valence-corrected chi connectivity index (χ4v) is 3.84. The van der Waals surface area contributed by atoms with E-state index in [9.17, 15) is 4.79 Å². The SMILES string of the molecule is O=C(NCC(c1ccc(Cl)cc1)N1CCOCC1)c1cccc2ncc(Cl)n12. The predicted molar refractivity (Wildman–Crippen MR) is 109 cm³/mol. The van der Waals surface area contributed by atoms with Crippen molar-refractivity contribution in [3.05, 3.63) is 70.1 Å². The molecule has 0 aliphatic carbocycles.